The maximum Gasteiger partial charge on any atom is 0.326 e. The second kappa shape index (κ2) is 5.03. The third-order valence-electron chi connectivity index (χ3n) is 4.85. The zero-order valence-electron chi connectivity index (χ0n) is 12.3. The number of hydrogen-bond acceptors (Lipinski definition) is 4. The van der Waals surface area contributed by atoms with E-state index in [4.69, 9.17) is 0 Å². The lowest BCUT2D eigenvalue weighted by Gasteiger charge is -2.27. The molecular weight excluding hydrogens is 266 g/mol. The van der Waals surface area contributed by atoms with E-state index in [-0.39, 0.29) is 5.92 Å². The second-order valence-electron chi connectivity index (χ2n) is 6.18. The molecule has 2 heterocycles. The van der Waals surface area contributed by atoms with Gasteiger partial charge in [0.25, 0.3) is 0 Å². The Hall–Kier alpha value is -2.09. The highest BCUT2D eigenvalue weighted by atomic mass is 16.4. The number of anilines is 1. The van der Waals surface area contributed by atoms with Crippen LogP contribution in [0.1, 0.15) is 36.1 Å². The number of nitriles is 1. The van der Waals surface area contributed by atoms with E-state index in [9.17, 15) is 15.2 Å². The van der Waals surface area contributed by atoms with E-state index in [1.807, 2.05) is 24.8 Å². The molecule has 0 amide bonds. The van der Waals surface area contributed by atoms with E-state index in [0.29, 0.717) is 23.8 Å². The molecule has 1 aliphatic carbocycles. The zero-order valence-corrected chi connectivity index (χ0v) is 12.3. The summed E-state index contributed by atoms with van der Waals surface area (Å²) >= 11 is 0. The minimum absolute atomic E-state index is 0.191. The molecular formula is C16H19N3O2. The molecule has 3 unspecified atom stereocenters. The Morgan fingerprint density at radius 1 is 1.48 bits per heavy atom. The van der Waals surface area contributed by atoms with Crippen molar-refractivity contribution in [2.45, 2.75) is 39.2 Å². The van der Waals surface area contributed by atoms with Crippen LogP contribution < -0.4 is 4.90 Å². The Balaban J connectivity index is 2.08. The van der Waals surface area contributed by atoms with Crippen LogP contribution in [0.3, 0.4) is 0 Å². The van der Waals surface area contributed by atoms with Gasteiger partial charge >= 0.3 is 5.97 Å². The summed E-state index contributed by atoms with van der Waals surface area (Å²) in [5, 5.41) is 19.1. The number of carbonyl (C=O) groups is 1. The van der Waals surface area contributed by atoms with Gasteiger partial charge in [0.05, 0.1) is 5.56 Å². The van der Waals surface area contributed by atoms with E-state index in [2.05, 4.69) is 11.1 Å². The van der Waals surface area contributed by atoms with Crippen LogP contribution in [-0.2, 0) is 4.79 Å². The molecule has 0 aromatic carbocycles. The summed E-state index contributed by atoms with van der Waals surface area (Å²) in [5.74, 6) is 0.364. The Kier molecular flexibility index (Phi) is 3.32. The molecule has 0 spiro atoms. The van der Waals surface area contributed by atoms with Gasteiger partial charge in [0.2, 0.25) is 0 Å². The fourth-order valence-corrected chi connectivity index (χ4v) is 4.00. The quantitative estimate of drug-likeness (QED) is 0.901. The Morgan fingerprint density at radius 2 is 2.24 bits per heavy atom. The molecule has 2 aliphatic rings. The van der Waals surface area contributed by atoms with E-state index in [0.717, 1.165) is 30.5 Å². The smallest absolute Gasteiger partial charge is 0.326 e. The number of carboxylic acids is 1. The topological polar surface area (TPSA) is 77.2 Å². The molecule has 1 N–H and O–H groups in total. The molecule has 1 aromatic rings. The molecule has 0 bridgehead atoms. The van der Waals surface area contributed by atoms with E-state index < -0.39 is 12.0 Å². The number of nitrogens with zero attached hydrogens (tertiary/aromatic N) is 3. The van der Waals surface area contributed by atoms with E-state index in [1.165, 1.54) is 0 Å². The van der Waals surface area contributed by atoms with Crippen LogP contribution in [0.25, 0.3) is 0 Å². The summed E-state index contributed by atoms with van der Waals surface area (Å²) < 4.78 is 0. The van der Waals surface area contributed by atoms with Gasteiger partial charge in [-0.3, -0.25) is 0 Å². The zero-order chi connectivity index (χ0) is 15.1. The van der Waals surface area contributed by atoms with Gasteiger partial charge in [-0.1, -0.05) is 6.42 Å². The molecule has 5 heteroatoms. The second-order valence-corrected chi connectivity index (χ2v) is 6.18. The summed E-state index contributed by atoms with van der Waals surface area (Å²) in [6.45, 7) is 4.46. The molecule has 3 rings (SSSR count). The highest BCUT2D eigenvalue weighted by molar-refractivity contribution is 5.80. The van der Waals surface area contributed by atoms with Gasteiger partial charge in [0, 0.05) is 12.2 Å². The minimum Gasteiger partial charge on any atom is -0.480 e. The van der Waals surface area contributed by atoms with Gasteiger partial charge in [-0.05, 0) is 50.2 Å². The molecule has 0 radical (unpaired) electrons. The van der Waals surface area contributed by atoms with Crippen molar-refractivity contribution in [3.63, 3.8) is 0 Å². The number of aromatic nitrogens is 1. The summed E-state index contributed by atoms with van der Waals surface area (Å²) in [7, 11) is 0. The normalized spacial score (nSPS) is 27.5. The van der Waals surface area contributed by atoms with Gasteiger partial charge < -0.3 is 10.0 Å². The molecule has 21 heavy (non-hydrogen) atoms. The molecule has 3 atom stereocenters. The first-order valence-corrected chi connectivity index (χ1v) is 7.40. The summed E-state index contributed by atoms with van der Waals surface area (Å²) in [4.78, 5) is 18.1. The van der Waals surface area contributed by atoms with Gasteiger partial charge in [-0.15, -0.1) is 0 Å². The predicted molar refractivity (Wildman–Crippen MR) is 78.0 cm³/mol. The van der Waals surface area contributed by atoms with Gasteiger partial charge in [0.15, 0.2) is 0 Å². The number of carboxylic acid groups (broad SMARTS) is 1. The van der Waals surface area contributed by atoms with Crippen molar-refractivity contribution in [1.82, 2.24) is 4.98 Å². The molecule has 110 valence electrons. The van der Waals surface area contributed by atoms with Crippen LogP contribution in [-0.4, -0.2) is 28.6 Å². The van der Waals surface area contributed by atoms with E-state index in [1.54, 1.807) is 0 Å². The largest absolute Gasteiger partial charge is 0.480 e. The highest BCUT2D eigenvalue weighted by Crippen LogP contribution is 2.44. The van der Waals surface area contributed by atoms with Crippen LogP contribution in [0.5, 0.6) is 0 Å². The summed E-state index contributed by atoms with van der Waals surface area (Å²) in [6, 6.07) is 3.52. The maximum atomic E-state index is 11.7. The van der Waals surface area contributed by atoms with Crippen molar-refractivity contribution in [2.75, 3.05) is 11.4 Å². The number of aryl methyl sites for hydroxylation is 2. The van der Waals surface area contributed by atoms with Crippen molar-refractivity contribution in [1.29, 1.82) is 5.26 Å². The van der Waals surface area contributed by atoms with Crippen LogP contribution in [0.15, 0.2) is 6.07 Å². The van der Waals surface area contributed by atoms with Crippen molar-refractivity contribution in [3.8, 4) is 6.07 Å². The molecule has 1 aromatic heterocycles. The number of hydrogen-bond donors (Lipinski definition) is 1. The number of rotatable bonds is 2. The SMILES string of the molecule is Cc1cc(C)c(C#N)c(N2CC3CCCC3C2C(=O)O)n1. The van der Waals surface area contributed by atoms with Crippen molar-refractivity contribution in [3.05, 3.63) is 22.9 Å². The van der Waals surface area contributed by atoms with Gasteiger partial charge in [-0.2, -0.15) is 5.26 Å². The molecule has 1 saturated carbocycles. The molecule has 2 fully saturated rings. The van der Waals surface area contributed by atoms with Gasteiger partial charge in [0.1, 0.15) is 17.9 Å². The maximum absolute atomic E-state index is 11.7. The highest BCUT2D eigenvalue weighted by Gasteiger charge is 2.48. The lowest BCUT2D eigenvalue weighted by Crippen LogP contribution is -2.40. The summed E-state index contributed by atoms with van der Waals surface area (Å²) in [6.07, 6.45) is 3.15. The monoisotopic (exact) mass is 285 g/mol. The first kappa shape index (κ1) is 13.9. The fourth-order valence-electron chi connectivity index (χ4n) is 4.00. The Labute approximate surface area is 124 Å². The van der Waals surface area contributed by atoms with Crippen molar-refractivity contribution in [2.24, 2.45) is 11.8 Å². The molecule has 1 saturated heterocycles. The lowest BCUT2D eigenvalue weighted by atomic mass is 9.94. The predicted octanol–water partition coefficient (Wildman–Crippen LogP) is 2.26. The number of pyridine rings is 1. The standard InChI is InChI=1S/C16H19N3O2/c1-9-6-10(2)18-15(13(9)7-17)19-8-11-4-3-5-12(11)14(19)16(20)21/h6,11-12,14H,3-5,8H2,1-2H3,(H,20,21). The lowest BCUT2D eigenvalue weighted by molar-refractivity contribution is -0.139. The molecule has 5 nitrogen and oxygen atoms in total. The Morgan fingerprint density at radius 3 is 2.90 bits per heavy atom. The summed E-state index contributed by atoms with van der Waals surface area (Å²) in [5.41, 5.74) is 2.19. The minimum atomic E-state index is -0.797. The van der Waals surface area contributed by atoms with E-state index >= 15 is 0 Å². The van der Waals surface area contributed by atoms with Crippen LogP contribution >= 0.6 is 0 Å². The Bertz CT molecular complexity index is 635. The average molecular weight is 285 g/mol. The van der Waals surface area contributed by atoms with Crippen molar-refractivity contribution < 1.29 is 9.90 Å². The van der Waals surface area contributed by atoms with Crippen LogP contribution in [0, 0.1) is 37.0 Å². The number of fused-ring (bicyclic) bond motifs is 1. The van der Waals surface area contributed by atoms with Crippen molar-refractivity contribution >= 4 is 11.8 Å². The van der Waals surface area contributed by atoms with Gasteiger partial charge in [-0.25, -0.2) is 9.78 Å². The third-order valence-corrected chi connectivity index (χ3v) is 4.85. The molecule has 1 aliphatic heterocycles. The third kappa shape index (κ3) is 2.15. The van der Waals surface area contributed by atoms with Crippen LogP contribution in [0.2, 0.25) is 0 Å². The first-order chi connectivity index (χ1) is 10.0. The number of aliphatic carboxylic acids is 1. The average Bonchev–Trinajstić information content (AvgIpc) is 2.96. The first-order valence-electron chi connectivity index (χ1n) is 7.40. The van der Waals surface area contributed by atoms with Crippen LogP contribution in [0.4, 0.5) is 5.82 Å². The fraction of sp³-hybridized carbons (Fsp3) is 0.562.